The van der Waals surface area contributed by atoms with E-state index in [9.17, 15) is 9.59 Å². The first kappa shape index (κ1) is 12.0. The highest BCUT2D eigenvalue weighted by Crippen LogP contribution is 2.53. The van der Waals surface area contributed by atoms with Gasteiger partial charge < -0.3 is 4.90 Å². The summed E-state index contributed by atoms with van der Waals surface area (Å²) < 4.78 is 0. The van der Waals surface area contributed by atoms with Crippen LogP contribution in [-0.2, 0) is 6.42 Å². The molecule has 2 atom stereocenters. The molecule has 3 nitrogen and oxygen atoms in total. The fourth-order valence-electron chi connectivity index (χ4n) is 5.14. The third kappa shape index (κ3) is 1.39. The molecule has 3 heteroatoms. The highest BCUT2D eigenvalue weighted by molar-refractivity contribution is 6.11. The van der Waals surface area contributed by atoms with Crippen LogP contribution in [0.4, 0.5) is 5.69 Å². The predicted octanol–water partition coefficient (Wildman–Crippen LogP) is 3.25. The van der Waals surface area contributed by atoms with Gasteiger partial charge >= 0.3 is 0 Å². The number of fused-ring (bicyclic) bond motifs is 5. The van der Waals surface area contributed by atoms with E-state index in [0.717, 1.165) is 29.7 Å². The first-order chi connectivity index (χ1) is 10.3. The van der Waals surface area contributed by atoms with Gasteiger partial charge in [0.15, 0.2) is 11.6 Å². The predicted molar refractivity (Wildman–Crippen MR) is 80.4 cm³/mol. The maximum Gasteiger partial charge on any atom is 0.167 e. The van der Waals surface area contributed by atoms with E-state index in [-0.39, 0.29) is 11.6 Å². The maximum atomic E-state index is 12.5. The van der Waals surface area contributed by atoms with E-state index in [1.165, 1.54) is 36.9 Å². The molecule has 2 heterocycles. The van der Waals surface area contributed by atoms with Gasteiger partial charge in [-0.15, -0.1) is 0 Å². The van der Waals surface area contributed by atoms with Crippen LogP contribution in [0.5, 0.6) is 0 Å². The Labute approximate surface area is 124 Å². The van der Waals surface area contributed by atoms with Crippen molar-refractivity contribution in [3.05, 3.63) is 28.3 Å². The standard InChI is InChI=1S/C18H19NO2/c20-15-6-5-11-12(15)9-13-10-3-1-2-4-14(10)19-8-7-16(21)17(11)18(13)19/h9-10,14H,1-8H2. The number of Topliss-reactive ketones (excluding diaryl/α,β-unsaturated/α-hetero) is 2. The van der Waals surface area contributed by atoms with Crippen LogP contribution in [0.25, 0.3) is 0 Å². The van der Waals surface area contributed by atoms with Gasteiger partial charge in [-0.2, -0.15) is 0 Å². The van der Waals surface area contributed by atoms with E-state index < -0.39 is 0 Å². The summed E-state index contributed by atoms with van der Waals surface area (Å²) in [6, 6.07) is 2.74. The molecule has 0 radical (unpaired) electrons. The van der Waals surface area contributed by atoms with Gasteiger partial charge in [0, 0.05) is 42.5 Å². The number of carbonyl (C=O) groups is 2. The Morgan fingerprint density at radius 1 is 1.00 bits per heavy atom. The van der Waals surface area contributed by atoms with Gasteiger partial charge in [0.25, 0.3) is 0 Å². The van der Waals surface area contributed by atoms with Gasteiger partial charge in [-0.3, -0.25) is 9.59 Å². The van der Waals surface area contributed by atoms with Crippen LogP contribution in [0.3, 0.4) is 0 Å². The van der Waals surface area contributed by atoms with Crippen molar-refractivity contribution in [1.29, 1.82) is 0 Å². The Morgan fingerprint density at radius 3 is 2.76 bits per heavy atom. The summed E-state index contributed by atoms with van der Waals surface area (Å²) in [7, 11) is 0. The lowest BCUT2D eigenvalue weighted by molar-refractivity contribution is 0.0976. The van der Waals surface area contributed by atoms with Crippen molar-refractivity contribution in [2.75, 3.05) is 11.4 Å². The average molecular weight is 281 g/mol. The van der Waals surface area contributed by atoms with Crippen LogP contribution in [0, 0.1) is 0 Å². The van der Waals surface area contributed by atoms with E-state index >= 15 is 0 Å². The van der Waals surface area contributed by atoms with Crippen LogP contribution in [0.15, 0.2) is 6.07 Å². The minimum absolute atomic E-state index is 0.244. The molecule has 0 N–H and O–H groups in total. The number of hydrogen-bond donors (Lipinski definition) is 0. The molecule has 0 saturated heterocycles. The molecule has 108 valence electrons. The Morgan fingerprint density at radius 2 is 1.86 bits per heavy atom. The lowest BCUT2D eigenvalue weighted by atomic mass is 9.81. The van der Waals surface area contributed by atoms with Gasteiger partial charge in [0.1, 0.15) is 0 Å². The van der Waals surface area contributed by atoms with Crippen molar-refractivity contribution in [1.82, 2.24) is 0 Å². The van der Waals surface area contributed by atoms with Crippen molar-refractivity contribution in [2.45, 2.75) is 56.9 Å². The average Bonchev–Trinajstić information content (AvgIpc) is 3.03. The van der Waals surface area contributed by atoms with Crippen LogP contribution in [0.1, 0.15) is 76.3 Å². The SMILES string of the molecule is O=C1CCc2c1cc1c3c2C(=O)CCN3C2CCCCC12. The molecule has 1 fully saturated rings. The number of anilines is 1. The monoisotopic (exact) mass is 281 g/mol. The van der Waals surface area contributed by atoms with Gasteiger partial charge in [-0.25, -0.2) is 0 Å². The molecule has 0 bridgehead atoms. The summed E-state index contributed by atoms with van der Waals surface area (Å²) in [5.74, 6) is 1.07. The fraction of sp³-hybridized carbons (Fsp3) is 0.556. The molecule has 1 aromatic carbocycles. The van der Waals surface area contributed by atoms with Gasteiger partial charge in [-0.1, -0.05) is 12.8 Å². The van der Waals surface area contributed by atoms with E-state index in [1.54, 1.807) is 0 Å². The van der Waals surface area contributed by atoms with E-state index in [4.69, 9.17) is 0 Å². The Hall–Kier alpha value is -1.64. The van der Waals surface area contributed by atoms with Crippen LogP contribution in [-0.4, -0.2) is 24.2 Å². The van der Waals surface area contributed by atoms with Gasteiger partial charge in [0.05, 0.1) is 5.69 Å². The van der Waals surface area contributed by atoms with E-state index in [0.29, 0.717) is 24.8 Å². The number of ketones is 2. The van der Waals surface area contributed by atoms with Crippen molar-refractivity contribution < 1.29 is 9.59 Å². The number of hydrogen-bond acceptors (Lipinski definition) is 3. The molecular weight excluding hydrogens is 262 g/mol. The molecule has 4 aliphatic rings. The third-order valence-electron chi connectivity index (χ3n) is 6.01. The van der Waals surface area contributed by atoms with Crippen LogP contribution in [0.2, 0.25) is 0 Å². The van der Waals surface area contributed by atoms with Crippen molar-refractivity contribution in [3.63, 3.8) is 0 Å². The first-order valence-electron chi connectivity index (χ1n) is 8.28. The van der Waals surface area contributed by atoms with E-state index in [1.807, 2.05) is 0 Å². The molecule has 1 saturated carbocycles. The molecular formula is C18H19NO2. The number of benzene rings is 1. The van der Waals surface area contributed by atoms with E-state index in [2.05, 4.69) is 11.0 Å². The molecule has 0 amide bonds. The molecule has 2 aliphatic heterocycles. The zero-order valence-electron chi connectivity index (χ0n) is 12.2. The number of carbonyl (C=O) groups excluding carboxylic acids is 2. The topological polar surface area (TPSA) is 37.4 Å². The second-order valence-electron chi connectivity index (χ2n) is 6.96. The summed E-state index contributed by atoms with van der Waals surface area (Å²) in [4.78, 5) is 27.2. The Kier molecular flexibility index (Phi) is 2.26. The summed E-state index contributed by atoms with van der Waals surface area (Å²) in [5.41, 5.74) is 5.39. The zero-order chi connectivity index (χ0) is 14.1. The minimum Gasteiger partial charge on any atom is -0.367 e. The highest BCUT2D eigenvalue weighted by Gasteiger charge is 2.46. The number of nitrogens with zero attached hydrogens (tertiary/aromatic N) is 1. The Balaban J connectivity index is 1.81. The van der Waals surface area contributed by atoms with Crippen LogP contribution < -0.4 is 4.90 Å². The van der Waals surface area contributed by atoms with Crippen molar-refractivity contribution in [3.8, 4) is 0 Å². The van der Waals surface area contributed by atoms with Gasteiger partial charge in [0.2, 0.25) is 0 Å². The molecule has 0 spiro atoms. The third-order valence-corrected chi connectivity index (χ3v) is 6.01. The minimum atomic E-state index is 0.244. The lowest BCUT2D eigenvalue weighted by Crippen LogP contribution is -2.40. The smallest absolute Gasteiger partial charge is 0.167 e. The number of rotatable bonds is 0. The van der Waals surface area contributed by atoms with Crippen molar-refractivity contribution >= 4 is 17.3 Å². The molecule has 2 aliphatic carbocycles. The normalized spacial score (nSPS) is 29.4. The van der Waals surface area contributed by atoms with Crippen LogP contribution >= 0.6 is 0 Å². The lowest BCUT2D eigenvalue weighted by Gasteiger charge is -2.36. The Bertz CT molecular complexity index is 691. The fourth-order valence-corrected chi connectivity index (χ4v) is 5.14. The summed E-state index contributed by atoms with van der Waals surface area (Å²) >= 11 is 0. The first-order valence-corrected chi connectivity index (χ1v) is 8.28. The highest BCUT2D eigenvalue weighted by atomic mass is 16.1. The maximum absolute atomic E-state index is 12.5. The molecule has 21 heavy (non-hydrogen) atoms. The summed E-state index contributed by atoms with van der Waals surface area (Å²) in [5, 5.41) is 0. The summed E-state index contributed by atoms with van der Waals surface area (Å²) in [6.07, 6.45) is 7.02. The quantitative estimate of drug-likeness (QED) is 0.732. The molecule has 2 unspecified atom stereocenters. The second kappa shape index (κ2) is 3.96. The molecule has 0 aromatic heterocycles. The van der Waals surface area contributed by atoms with Crippen molar-refractivity contribution in [2.24, 2.45) is 0 Å². The van der Waals surface area contributed by atoms with Gasteiger partial charge in [-0.05, 0) is 36.5 Å². The molecule has 5 rings (SSSR count). The zero-order valence-corrected chi connectivity index (χ0v) is 12.2. The summed E-state index contributed by atoms with van der Waals surface area (Å²) in [6.45, 7) is 0.882. The second-order valence-corrected chi connectivity index (χ2v) is 6.96. The molecule has 1 aromatic rings. The largest absolute Gasteiger partial charge is 0.367 e.